The molecule has 3 heteroatoms. The Labute approximate surface area is 129 Å². The molecular formula is C18H31N3. The van der Waals surface area contributed by atoms with Gasteiger partial charge in [0.1, 0.15) is 0 Å². The van der Waals surface area contributed by atoms with E-state index in [-0.39, 0.29) is 0 Å². The van der Waals surface area contributed by atoms with Crippen molar-refractivity contribution in [3.63, 3.8) is 0 Å². The zero-order valence-electron chi connectivity index (χ0n) is 13.8. The molecule has 1 fully saturated rings. The van der Waals surface area contributed by atoms with E-state index < -0.39 is 0 Å². The van der Waals surface area contributed by atoms with Crippen molar-refractivity contribution in [1.29, 1.82) is 0 Å². The monoisotopic (exact) mass is 289 g/mol. The molecular weight excluding hydrogens is 258 g/mol. The van der Waals surface area contributed by atoms with Crippen molar-refractivity contribution < 1.29 is 0 Å². The Hall–Kier alpha value is -0.930. The third-order valence-electron chi connectivity index (χ3n) is 5.08. The fourth-order valence-electron chi connectivity index (χ4n) is 3.52. The number of nitrogens with zero attached hydrogens (tertiary/aromatic N) is 2. The minimum atomic E-state index is 0.408. The van der Waals surface area contributed by atoms with Crippen molar-refractivity contribution in [1.82, 2.24) is 9.88 Å². The van der Waals surface area contributed by atoms with E-state index in [1.165, 1.54) is 44.2 Å². The van der Waals surface area contributed by atoms with Crippen LogP contribution in [-0.2, 0) is 6.54 Å². The molecule has 0 aromatic carbocycles. The van der Waals surface area contributed by atoms with Crippen molar-refractivity contribution >= 4 is 0 Å². The lowest BCUT2D eigenvalue weighted by molar-refractivity contribution is 0.145. The first-order valence-electron chi connectivity index (χ1n) is 8.52. The molecule has 0 atom stereocenters. The van der Waals surface area contributed by atoms with E-state index in [4.69, 9.17) is 5.73 Å². The maximum absolute atomic E-state index is 6.11. The van der Waals surface area contributed by atoms with Gasteiger partial charge in [-0.15, -0.1) is 0 Å². The first kappa shape index (κ1) is 16.4. The Morgan fingerprint density at radius 3 is 2.62 bits per heavy atom. The molecule has 1 aliphatic rings. The van der Waals surface area contributed by atoms with Crippen LogP contribution in [0, 0.1) is 12.3 Å². The standard InChI is InChI=1S/C18H31N3/c1-3-21(14-17-9-7-8-16(2)20-17)13-12-18(15-19)10-5-4-6-11-18/h7-9H,3-6,10-15,19H2,1-2H3. The Kier molecular flexibility index (Phi) is 6.19. The molecule has 2 N–H and O–H groups in total. The average Bonchev–Trinajstić information content (AvgIpc) is 2.52. The van der Waals surface area contributed by atoms with Gasteiger partial charge in [0.25, 0.3) is 0 Å². The van der Waals surface area contributed by atoms with E-state index in [1.807, 2.05) is 0 Å². The molecule has 0 saturated heterocycles. The molecule has 1 saturated carbocycles. The molecule has 118 valence electrons. The summed E-state index contributed by atoms with van der Waals surface area (Å²) in [6.07, 6.45) is 8.01. The van der Waals surface area contributed by atoms with Gasteiger partial charge >= 0.3 is 0 Å². The topological polar surface area (TPSA) is 42.1 Å². The van der Waals surface area contributed by atoms with Gasteiger partial charge in [0.05, 0.1) is 5.69 Å². The second-order valence-electron chi connectivity index (χ2n) is 6.65. The molecule has 2 rings (SSSR count). The van der Waals surface area contributed by atoms with Crippen LogP contribution in [-0.4, -0.2) is 29.5 Å². The molecule has 21 heavy (non-hydrogen) atoms. The minimum Gasteiger partial charge on any atom is -0.330 e. The lowest BCUT2D eigenvalue weighted by atomic mass is 9.72. The van der Waals surface area contributed by atoms with Crippen LogP contribution in [0.4, 0.5) is 0 Å². The van der Waals surface area contributed by atoms with Gasteiger partial charge in [-0.3, -0.25) is 9.88 Å². The summed E-state index contributed by atoms with van der Waals surface area (Å²) in [7, 11) is 0. The van der Waals surface area contributed by atoms with Gasteiger partial charge in [-0.25, -0.2) is 0 Å². The SMILES string of the molecule is CCN(CCC1(CN)CCCCC1)Cc1cccc(C)n1. The lowest BCUT2D eigenvalue weighted by Crippen LogP contribution is -2.37. The number of nitrogens with two attached hydrogens (primary N) is 1. The largest absolute Gasteiger partial charge is 0.330 e. The van der Waals surface area contributed by atoms with Gasteiger partial charge in [-0.1, -0.05) is 32.3 Å². The van der Waals surface area contributed by atoms with Crippen LogP contribution in [0.1, 0.15) is 56.8 Å². The van der Waals surface area contributed by atoms with Crippen molar-refractivity contribution in [2.24, 2.45) is 11.1 Å². The van der Waals surface area contributed by atoms with Crippen LogP contribution in [0.25, 0.3) is 0 Å². The van der Waals surface area contributed by atoms with Gasteiger partial charge < -0.3 is 5.73 Å². The summed E-state index contributed by atoms with van der Waals surface area (Å²) in [6, 6.07) is 6.30. The highest BCUT2D eigenvalue weighted by Gasteiger charge is 2.30. The summed E-state index contributed by atoms with van der Waals surface area (Å²) in [4.78, 5) is 7.13. The van der Waals surface area contributed by atoms with Crippen molar-refractivity contribution in [3.05, 3.63) is 29.6 Å². The van der Waals surface area contributed by atoms with E-state index in [2.05, 4.69) is 41.9 Å². The first-order chi connectivity index (χ1) is 10.2. The zero-order valence-corrected chi connectivity index (χ0v) is 13.8. The summed E-state index contributed by atoms with van der Waals surface area (Å²) >= 11 is 0. The zero-order chi connectivity index (χ0) is 15.1. The van der Waals surface area contributed by atoms with E-state index in [0.717, 1.165) is 31.9 Å². The summed E-state index contributed by atoms with van der Waals surface area (Å²) in [5.41, 5.74) is 8.80. The second-order valence-corrected chi connectivity index (χ2v) is 6.65. The van der Waals surface area contributed by atoms with E-state index in [9.17, 15) is 0 Å². The molecule has 0 unspecified atom stereocenters. The van der Waals surface area contributed by atoms with Crippen LogP contribution in [0.5, 0.6) is 0 Å². The van der Waals surface area contributed by atoms with Crippen LogP contribution in [0.3, 0.4) is 0 Å². The quantitative estimate of drug-likeness (QED) is 0.835. The Bertz CT molecular complexity index is 424. The smallest absolute Gasteiger partial charge is 0.0547 e. The van der Waals surface area contributed by atoms with Gasteiger partial charge in [0.2, 0.25) is 0 Å². The normalized spacial score (nSPS) is 18.1. The number of aryl methyl sites for hydroxylation is 1. The van der Waals surface area contributed by atoms with Crippen molar-refractivity contribution in [2.75, 3.05) is 19.6 Å². The third-order valence-corrected chi connectivity index (χ3v) is 5.08. The Morgan fingerprint density at radius 1 is 1.24 bits per heavy atom. The van der Waals surface area contributed by atoms with E-state index in [0.29, 0.717) is 5.41 Å². The predicted molar refractivity (Wildman–Crippen MR) is 89.1 cm³/mol. The number of pyridine rings is 1. The highest BCUT2D eigenvalue weighted by Crippen LogP contribution is 2.38. The van der Waals surface area contributed by atoms with E-state index in [1.54, 1.807) is 0 Å². The number of hydrogen-bond acceptors (Lipinski definition) is 3. The molecule has 3 nitrogen and oxygen atoms in total. The lowest BCUT2D eigenvalue weighted by Gasteiger charge is -2.38. The minimum absolute atomic E-state index is 0.408. The number of aromatic nitrogens is 1. The van der Waals surface area contributed by atoms with Crippen LogP contribution < -0.4 is 5.73 Å². The van der Waals surface area contributed by atoms with E-state index >= 15 is 0 Å². The maximum Gasteiger partial charge on any atom is 0.0547 e. The molecule has 1 aliphatic carbocycles. The highest BCUT2D eigenvalue weighted by atomic mass is 15.1. The fourth-order valence-corrected chi connectivity index (χ4v) is 3.52. The third kappa shape index (κ3) is 4.79. The summed E-state index contributed by atoms with van der Waals surface area (Å²) in [5, 5.41) is 0. The Morgan fingerprint density at radius 2 is 2.00 bits per heavy atom. The Balaban J connectivity index is 1.89. The van der Waals surface area contributed by atoms with Gasteiger partial charge in [0.15, 0.2) is 0 Å². The first-order valence-corrected chi connectivity index (χ1v) is 8.52. The highest BCUT2D eigenvalue weighted by molar-refractivity contribution is 5.09. The van der Waals surface area contributed by atoms with Crippen molar-refractivity contribution in [3.8, 4) is 0 Å². The number of rotatable bonds is 7. The van der Waals surface area contributed by atoms with Gasteiger partial charge in [0, 0.05) is 12.2 Å². The molecule has 0 bridgehead atoms. The molecule has 1 aromatic heterocycles. The maximum atomic E-state index is 6.11. The molecule has 1 aromatic rings. The average molecular weight is 289 g/mol. The second kappa shape index (κ2) is 7.90. The van der Waals surface area contributed by atoms with Gasteiger partial charge in [-0.2, -0.15) is 0 Å². The molecule has 0 radical (unpaired) electrons. The molecule has 0 aliphatic heterocycles. The van der Waals surface area contributed by atoms with Gasteiger partial charge in [-0.05, 0) is 63.4 Å². The fraction of sp³-hybridized carbons (Fsp3) is 0.722. The molecule has 0 amide bonds. The summed E-state index contributed by atoms with van der Waals surface area (Å²) < 4.78 is 0. The summed E-state index contributed by atoms with van der Waals surface area (Å²) in [6.45, 7) is 8.34. The summed E-state index contributed by atoms with van der Waals surface area (Å²) in [5.74, 6) is 0. The van der Waals surface area contributed by atoms with Crippen LogP contribution in [0.15, 0.2) is 18.2 Å². The number of hydrogen-bond donors (Lipinski definition) is 1. The predicted octanol–water partition coefficient (Wildman–Crippen LogP) is 3.51. The van der Waals surface area contributed by atoms with Crippen LogP contribution >= 0.6 is 0 Å². The molecule has 0 spiro atoms. The van der Waals surface area contributed by atoms with Crippen LogP contribution in [0.2, 0.25) is 0 Å². The molecule has 1 heterocycles. The van der Waals surface area contributed by atoms with Crippen molar-refractivity contribution in [2.45, 2.75) is 58.9 Å².